The van der Waals surface area contributed by atoms with Crippen LogP contribution < -0.4 is 10.2 Å². The molecule has 7 nitrogen and oxygen atoms in total. The predicted molar refractivity (Wildman–Crippen MR) is 120 cm³/mol. The molecule has 1 N–H and O–H groups in total. The number of nitrogens with one attached hydrogen (secondary N) is 1. The molecule has 1 aliphatic rings. The van der Waals surface area contributed by atoms with Gasteiger partial charge in [0.05, 0.1) is 10.6 Å². The lowest BCUT2D eigenvalue weighted by Crippen LogP contribution is -2.51. The normalized spacial score (nSPS) is 15.7. The summed E-state index contributed by atoms with van der Waals surface area (Å²) >= 11 is 7.73. The van der Waals surface area contributed by atoms with Gasteiger partial charge in [0.2, 0.25) is 5.95 Å². The van der Waals surface area contributed by atoms with Crippen molar-refractivity contribution in [3.05, 3.63) is 58.8 Å². The number of hydrogen-bond acceptors (Lipinski definition) is 7. The van der Waals surface area contributed by atoms with E-state index in [1.807, 2.05) is 30.5 Å². The minimum atomic E-state index is -0.138. The van der Waals surface area contributed by atoms with Crippen LogP contribution in [0.3, 0.4) is 0 Å². The van der Waals surface area contributed by atoms with Crippen LogP contribution in [0.4, 0.5) is 5.95 Å². The Kier molecular flexibility index (Phi) is 6.56. The molecule has 4 rings (SSSR count). The molecule has 1 amide bonds. The maximum atomic E-state index is 12.8. The number of carbonyl (C=O) groups excluding carboxylic acids is 1. The molecule has 3 aromatic rings. The number of thiophene rings is 1. The smallest absolute Gasteiger partial charge is 0.251 e. The van der Waals surface area contributed by atoms with Crippen molar-refractivity contribution in [2.75, 3.05) is 37.6 Å². The van der Waals surface area contributed by atoms with Gasteiger partial charge in [0.15, 0.2) is 0 Å². The highest BCUT2D eigenvalue weighted by atomic mass is 35.5. The first kappa shape index (κ1) is 20.7. The Balaban J connectivity index is 1.31. The molecule has 30 heavy (non-hydrogen) atoms. The van der Waals surface area contributed by atoms with Crippen LogP contribution in [0.2, 0.25) is 5.15 Å². The molecule has 1 fully saturated rings. The van der Waals surface area contributed by atoms with E-state index in [1.165, 1.54) is 0 Å². The molecule has 1 aliphatic heterocycles. The van der Waals surface area contributed by atoms with Crippen molar-refractivity contribution in [1.82, 2.24) is 25.2 Å². The zero-order valence-electron chi connectivity index (χ0n) is 16.7. The molecule has 0 aliphatic carbocycles. The number of pyridine rings is 1. The standard InChI is InChI=1S/C21H23ClN6OS/c1-15(14-27-7-9-28(10-8-27)21-23-5-3-6-24-21)25-20(29)16-12-17(26-19(22)13-16)18-4-2-11-30-18/h2-6,11-13,15H,7-10,14H2,1H3,(H,25,29). The third-order valence-electron chi connectivity index (χ3n) is 4.95. The summed E-state index contributed by atoms with van der Waals surface area (Å²) in [5.41, 5.74) is 1.24. The van der Waals surface area contributed by atoms with E-state index in [9.17, 15) is 4.79 Å². The Labute approximate surface area is 184 Å². The summed E-state index contributed by atoms with van der Waals surface area (Å²) in [5.74, 6) is 0.635. The van der Waals surface area contributed by atoms with Gasteiger partial charge in [-0.25, -0.2) is 15.0 Å². The fourth-order valence-corrected chi connectivity index (χ4v) is 4.40. The lowest BCUT2D eigenvalue weighted by molar-refractivity contribution is 0.0928. The maximum absolute atomic E-state index is 12.8. The third kappa shape index (κ3) is 5.13. The number of anilines is 1. The average molecular weight is 443 g/mol. The minimum Gasteiger partial charge on any atom is -0.348 e. The summed E-state index contributed by atoms with van der Waals surface area (Å²) in [6.07, 6.45) is 3.53. The van der Waals surface area contributed by atoms with Crippen LogP contribution in [0.25, 0.3) is 10.6 Å². The highest BCUT2D eigenvalue weighted by molar-refractivity contribution is 7.13. The van der Waals surface area contributed by atoms with Crippen LogP contribution in [0.15, 0.2) is 48.1 Å². The Morgan fingerprint density at radius 1 is 1.20 bits per heavy atom. The molecular formula is C21H23ClN6OS. The van der Waals surface area contributed by atoms with Gasteiger partial charge in [-0.1, -0.05) is 17.7 Å². The van der Waals surface area contributed by atoms with Crippen LogP contribution in [-0.4, -0.2) is 64.5 Å². The number of aromatic nitrogens is 3. The summed E-state index contributed by atoms with van der Waals surface area (Å²) in [4.78, 5) is 31.3. The Morgan fingerprint density at radius 3 is 2.67 bits per heavy atom. The first-order chi connectivity index (χ1) is 14.6. The molecule has 0 bridgehead atoms. The number of amides is 1. The molecule has 0 saturated carbocycles. The molecule has 4 heterocycles. The molecule has 9 heteroatoms. The Bertz CT molecular complexity index is 976. The quantitative estimate of drug-likeness (QED) is 0.591. The van der Waals surface area contributed by atoms with Crippen molar-refractivity contribution in [2.24, 2.45) is 0 Å². The van der Waals surface area contributed by atoms with Gasteiger partial charge < -0.3 is 10.2 Å². The number of piperazine rings is 1. The van der Waals surface area contributed by atoms with Crippen LogP contribution >= 0.6 is 22.9 Å². The number of carbonyl (C=O) groups is 1. The summed E-state index contributed by atoms with van der Waals surface area (Å²) in [6.45, 7) is 6.35. The zero-order chi connectivity index (χ0) is 20.9. The lowest BCUT2D eigenvalue weighted by Gasteiger charge is -2.35. The molecule has 156 valence electrons. The van der Waals surface area contributed by atoms with E-state index in [0.29, 0.717) is 10.7 Å². The van der Waals surface area contributed by atoms with Crippen molar-refractivity contribution in [2.45, 2.75) is 13.0 Å². The molecule has 3 aromatic heterocycles. The lowest BCUT2D eigenvalue weighted by atomic mass is 10.1. The summed E-state index contributed by atoms with van der Waals surface area (Å²) in [5, 5.41) is 5.38. The Morgan fingerprint density at radius 2 is 1.97 bits per heavy atom. The average Bonchev–Trinajstić information content (AvgIpc) is 3.29. The second kappa shape index (κ2) is 9.51. The van der Waals surface area contributed by atoms with Gasteiger partial charge >= 0.3 is 0 Å². The van der Waals surface area contributed by atoms with Crippen LogP contribution in [0, 0.1) is 0 Å². The summed E-state index contributed by atoms with van der Waals surface area (Å²) in [6, 6.07) is 9.15. The molecule has 0 aromatic carbocycles. The van der Waals surface area contributed by atoms with Crippen molar-refractivity contribution in [3.63, 3.8) is 0 Å². The first-order valence-electron chi connectivity index (χ1n) is 9.85. The van der Waals surface area contributed by atoms with Gasteiger partial charge in [-0.3, -0.25) is 9.69 Å². The highest BCUT2D eigenvalue weighted by Crippen LogP contribution is 2.25. The van der Waals surface area contributed by atoms with Crippen molar-refractivity contribution in [3.8, 4) is 10.6 Å². The van der Waals surface area contributed by atoms with Gasteiger partial charge in [0, 0.05) is 56.7 Å². The zero-order valence-corrected chi connectivity index (χ0v) is 18.2. The van der Waals surface area contributed by atoms with Gasteiger partial charge in [-0.2, -0.15) is 0 Å². The molecule has 0 radical (unpaired) electrons. The Hall–Kier alpha value is -2.55. The summed E-state index contributed by atoms with van der Waals surface area (Å²) in [7, 11) is 0. The highest BCUT2D eigenvalue weighted by Gasteiger charge is 2.21. The van der Waals surface area contributed by atoms with E-state index >= 15 is 0 Å². The second-order valence-electron chi connectivity index (χ2n) is 7.25. The van der Waals surface area contributed by atoms with Gasteiger partial charge in [0.1, 0.15) is 5.15 Å². The number of hydrogen-bond donors (Lipinski definition) is 1. The largest absolute Gasteiger partial charge is 0.348 e. The maximum Gasteiger partial charge on any atom is 0.251 e. The number of nitrogens with zero attached hydrogens (tertiary/aromatic N) is 5. The van der Waals surface area contributed by atoms with E-state index in [1.54, 1.807) is 35.9 Å². The second-order valence-corrected chi connectivity index (χ2v) is 8.59. The monoisotopic (exact) mass is 442 g/mol. The SMILES string of the molecule is CC(CN1CCN(c2ncccn2)CC1)NC(=O)c1cc(Cl)nc(-c2cccs2)c1. The van der Waals surface area contributed by atoms with Crippen molar-refractivity contribution in [1.29, 1.82) is 0 Å². The fourth-order valence-electron chi connectivity index (χ4n) is 3.50. The predicted octanol–water partition coefficient (Wildman–Crippen LogP) is 3.19. The van der Waals surface area contributed by atoms with E-state index in [4.69, 9.17) is 11.6 Å². The van der Waals surface area contributed by atoms with Crippen LogP contribution in [0.1, 0.15) is 17.3 Å². The summed E-state index contributed by atoms with van der Waals surface area (Å²) < 4.78 is 0. The third-order valence-corrected chi connectivity index (χ3v) is 6.03. The van der Waals surface area contributed by atoms with Crippen LogP contribution in [-0.2, 0) is 0 Å². The van der Waals surface area contributed by atoms with E-state index < -0.39 is 0 Å². The molecule has 1 unspecified atom stereocenters. The first-order valence-corrected chi connectivity index (χ1v) is 11.1. The minimum absolute atomic E-state index is 0.00848. The number of rotatable bonds is 6. The van der Waals surface area contributed by atoms with Gasteiger partial charge in [-0.05, 0) is 36.6 Å². The van der Waals surface area contributed by atoms with Crippen LogP contribution in [0.5, 0.6) is 0 Å². The van der Waals surface area contributed by atoms with Crippen molar-refractivity contribution >= 4 is 34.8 Å². The topological polar surface area (TPSA) is 74.2 Å². The van der Waals surface area contributed by atoms with E-state index in [2.05, 4.69) is 30.1 Å². The van der Waals surface area contributed by atoms with E-state index in [0.717, 1.165) is 49.2 Å². The van der Waals surface area contributed by atoms with Gasteiger partial charge in [0.25, 0.3) is 5.91 Å². The van der Waals surface area contributed by atoms with E-state index in [-0.39, 0.29) is 11.9 Å². The molecular weight excluding hydrogens is 420 g/mol. The van der Waals surface area contributed by atoms with Crippen molar-refractivity contribution < 1.29 is 4.79 Å². The number of halogens is 1. The molecule has 1 saturated heterocycles. The molecule has 0 spiro atoms. The van der Waals surface area contributed by atoms with Gasteiger partial charge in [-0.15, -0.1) is 11.3 Å². The fraction of sp³-hybridized carbons (Fsp3) is 0.333. The molecule has 1 atom stereocenters.